The van der Waals surface area contributed by atoms with Gasteiger partial charge < -0.3 is 5.32 Å². The van der Waals surface area contributed by atoms with Gasteiger partial charge in [0.25, 0.3) is 0 Å². The Morgan fingerprint density at radius 1 is 1.00 bits per heavy atom. The van der Waals surface area contributed by atoms with Crippen LogP contribution in [0.25, 0.3) is 0 Å². The van der Waals surface area contributed by atoms with Crippen molar-refractivity contribution in [2.45, 2.75) is 47.1 Å². The smallest absolute Gasteiger partial charge is 0.248 e. The molecule has 27 heavy (non-hydrogen) atoms. The van der Waals surface area contributed by atoms with E-state index in [4.69, 9.17) is 0 Å². The number of rotatable bonds is 6. The molecule has 5 nitrogen and oxygen atoms in total. The number of sulfonamides is 1. The second kappa shape index (κ2) is 8.13. The zero-order valence-corrected chi connectivity index (χ0v) is 17.6. The normalized spacial score (nSPS) is 12.5. The summed E-state index contributed by atoms with van der Waals surface area (Å²) in [5, 5.41) is 2.89. The Morgan fingerprint density at radius 2 is 1.59 bits per heavy atom. The zero-order valence-electron chi connectivity index (χ0n) is 16.8. The first-order valence-electron chi connectivity index (χ1n) is 8.98. The lowest BCUT2D eigenvalue weighted by Crippen LogP contribution is -2.47. The van der Waals surface area contributed by atoms with Crippen LogP contribution in [-0.4, -0.2) is 26.6 Å². The van der Waals surface area contributed by atoms with Crippen molar-refractivity contribution in [2.75, 3.05) is 15.9 Å². The van der Waals surface area contributed by atoms with Crippen molar-refractivity contribution in [2.24, 2.45) is 0 Å². The summed E-state index contributed by atoms with van der Waals surface area (Å²) in [5.41, 5.74) is 5.03. The summed E-state index contributed by atoms with van der Waals surface area (Å²) >= 11 is 0. The molecule has 1 atom stereocenters. The fraction of sp³-hybridized carbons (Fsp3) is 0.381. The molecule has 0 aromatic heterocycles. The van der Waals surface area contributed by atoms with Gasteiger partial charge >= 0.3 is 0 Å². The second-order valence-electron chi connectivity index (χ2n) is 7.14. The minimum atomic E-state index is -3.65. The number of amides is 1. The number of benzene rings is 2. The van der Waals surface area contributed by atoms with E-state index in [0.717, 1.165) is 28.5 Å². The monoisotopic (exact) mass is 388 g/mol. The summed E-state index contributed by atoms with van der Waals surface area (Å²) in [7, 11) is -3.65. The van der Waals surface area contributed by atoms with E-state index in [-0.39, 0.29) is 5.91 Å². The molecule has 0 heterocycles. The molecule has 6 heteroatoms. The third kappa shape index (κ3) is 5.10. The van der Waals surface area contributed by atoms with Crippen molar-refractivity contribution in [3.63, 3.8) is 0 Å². The van der Waals surface area contributed by atoms with Gasteiger partial charge in [-0.1, -0.05) is 25.1 Å². The first kappa shape index (κ1) is 21.0. The number of carbonyl (C=O) groups is 1. The second-order valence-corrected chi connectivity index (χ2v) is 9.00. The van der Waals surface area contributed by atoms with Crippen molar-refractivity contribution < 1.29 is 13.2 Å². The summed E-state index contributed by atoms with van der Waals surface area (Å²) in [6, 6.07) is 10.5. The highest BCUT2D eigenvalue weighted by molar-refractivity contribution is 7.92. The Morgan fingerprint density at radius 3 is 2.11 bits per heavy atom. The van der Waals surface area contributed by atoms with Crippen LogP contribution >= 0.6 is 0 Å². The largest absolute Gasteiger partial charge is 0.324 e. The summed E-state index contributed by atoms with van der Waals surface area (Å²) in [5.74, 6) is -0.339. The minimum absolute atomic E-state index is 0.339. The molecule has 0 aliphatic heterocycles. The summed E-state index contributed by atoms with van der Waals surface area (Å²) < 4.78 is 26.5. The van der Waals surface area contributed by atoms with Crippen LogP contribution in [0.5, 0.6) is 0 Å². The highest BCUT2D eigenvalue weighted by Gasteiger charge is 2.32. The van der Waals surface area contributed by atoms with E-state index in [9.17, 15) is 13.2 Å². The number of aryl methyl sites for hydroxylation is 4. The average molecular weight is 389 g/mol. The highest BCUT2D eigenvalue weighted by Crippen LogP contribution is 2.28. The Labute approximate surface area is 162 Å². The van der Waals surface area contributed by atoms with Gasteiger partial charge in [-0.25, -0.2) is 8.42 Å². The molecule has 0 spiro atoms. The zero-order chi connectivity index (χ0) is 20.4. The van der Waals surface area contributed by atoms with E-state index in [2.05, 4.69) is 5.32 Å². The van der Waals surface area contributed by atoms with Crippen LogP contribution in [-0.2, 0) is 14.8 Å². The van der Waals surface area contributed by atoms with Crippen molar-refractivity contribution >= 4 is 27.3 Å². The molecule has 0 radical (unpaired) electrons. The molecule has 0 bridgehead atoms. The van der Waals surface area contributed by atoms with Crippen LogP contribution in [0.3, 0.4) is 0 Å². The van der Waals surface area contributed by atoms with Crippen molar-refractivity contribution in [3.05, 3.63) is 58.7 Å². The molecule has 1 unspecified atom stereocenters. The molecule has 2 rings (SSSR count). The SMILES string of the molecule is CCC(C(=O)Nc1cc(C)cc(C)c1)N(c1cc(C)ccc1C)S(C)(=O)=O. The first-order valence-corrected chi connectivity index (χ1v) is 10.8. The van der Waals surface area contributed by atoms with Crippen molar-refractivity contribution in [3.8, 4) is 0 Å². The first-order chi connectivity index (χ1) is 12.5. The molecule has 146 valence electrons. The molecule has 0 saturated heterocycles. The van der Waals surface area contributed by atoms with Gasteiger partial charge in [-0.3, -0.25) is 9.10 Å². The van der Waals surface area contributed by atoms with E-state index in [1.807, 2.05) is 71.0 Å². The van der Waals surface area contributed by atoms with Crippen LogP contribution < -0.4 is 9.62 Å². The number of hydrogen-bond donors (Lipinski definition) is 1. The summed E-state index contributed by atoms with van der Waals surface area (Å²) in [4.78, 5) is 13.0. The lowest BCUT2D eigenvalue weighted by atomic mass is 10.1. The van der Waals surface area contributed by atoms with E-state index in [1.165, 1.54) is 4.31 Å². The van der Waals surface area contributed by atoms with Crippen LogP contribution in [0.2, 0.25) is 0 Å². The van der Waals surface area contributed by atoms with E-state index in [0.29, 0.717) is 17.8 Å². The molecule has 0 fully saturated rings. The molecule has 0 saturated carbocycles. The molecule has 0 aliphatic carbocycles. The number of nitrogens with one attached hydrogen (secondary N) is 1. The van der Waals surface area contributed by atoms with Gasteiger partial charge in [0.1, 0.15) is 6.04 Å². The number of hydrogen-bond acceptors (Lipinski definition) is 3. The van der Waals surface area contributed by atoms with E-state index >= 15 is 0 Å². The fourth-order valence-electron chi connectivity index (χ4n) is 3.26. The number of anilines is 2. The molecule has 2 aromatic carbocycles. The summed E-state index contributed by atoms with van der Waals surface area (Å²) in [6.07, 6.45) is 1.50. The third-order valence-corrected chi connectivity index (χ3v) is 5.59. The molecule has 0 aliphatic rings. The predicted octanol–water partition coefficient (Wildman–Crippen LogP) is 4.10. The molecular formula is C21H28N2O3S. The molecule has 1 amide bonds. The topological polar surface area (TPSA) is 66.5 Å². The fourth-order valence-corrected chi connectivity index (χ4v) is 4.53. The number of carbonyl (C=O) groups excluding carboxylic acids is 1. The third-order valence-electron chi connectivity index (χ3n) is 4.42. The maximum absolute atomic E-state index is 13.0. The van der Waals surface area contributed by atoms with Crippen LogP contribution in [0.1, 0.15) is 35.6 Å². The quantitative estimate of drug-likeness (QED) is 0.810. The lowest BCUT2D eigenvalue weighted by molar-refractivity contribution is -0.117. The summed E-state index contributed by atoms with van der Waals surface area (Å²) in [6.45, 7) is 9.48. The molecular weight excluding hydrogens is 360 g/mol. The lowest BCUT2D eigenvalue weighted by Gasteiger charge is -2.31. The van der Waals surface area contributed by atoms with Gasteiger partial charge in [0.05, 0.1) is 11.9 Å². The van der Waals surface area contributed by atoms with Gasteiger partial charge in [0.15, 0.2) is 0 Å². The standard InChI is InChI=1S/C21H28N2O3S/c1-7-19(21(24)22-18-11-15(3)10-16(4)12-18)23(27(6,25)26)20-13-14(2)8-9-17(20)5/h8-13,19H,7H2,1-6H3,(H,22,24). The Kier molecular flexibility index (Phi) is 6.31. The molecule has 2 aromatic rings. The van der Waals surface area contributed by atoms with Gasteiger partial charge in [-0.15, -0.1) is 0 Å². The van der Waals surface area contributed by atoms with Gasteiger partial charge in [-0.2, -0.15) is 0 Å². The Hall–Kier alpha value is -2.34. The van der Waals surface area contributed by atoms with Crippen LogP contribution in [0.15, 0.2) is 36.4 Å². The van der Waals surface area contributed by atoms with E-state index < -0.39 is 16.1 Å². The van der Waals surface area contributed by atoms with Gasteiger partial charge in [0, 0.05) is 5.69 Å². The Balaban J connectivity index is 2.46. The minimum Gasteiger partial charge on any atom is -0.324 e. The van der Waals surface area contributed by atoms with Gasteiger partial charge in [-0.05, 0) is 74.6 Å². The average Bonchev–Trinajstić information content (AvgIpc) is 2.52. The van der Waals surface area contributed by atoms with Crippen molar-refractivity contribution in [1.82, 2.24) is 0 Å². The molecule has 1 N–H and O–H groups in total. The van der Waals surface area contributed by atoms with Crippen LogP contribution in [0.4, 0.5) is 11.4 Å². The van der Waals surface area contributed by atoms with Gasteiger partial charge in [0.2, 0.25) is 15.9 Å². The maximum Gasteiger partial charge on any atom is 0.248 e. The van der Waals surface area contributed by atoms with Crippen LogP contribution in [0, 0.1) is 27.7 Å². The maximum atomic E-state index is 13.0. The number of nitrogens with zero attached hydrogens (tertiary/aromatic N) is 1. The Bertz CT molecular complexity index is 932. The predicted molar refractivity (Wildman–Crippen MR) is 112 cm³/mol. The van der Waals surface area contributed by atoms with E-state index in [1.54, 1.807) is 0 Å². The van der Waals surface area contributed by atoms with Crippen molar-refractivity contribution in [1.29, 1.82) is 0 Å². The highest BCUT2D eigenvalue weighted by atomic mass is 32.2.